The average Bonchev–Trinajstić information content (AvgIpc) is 2.20. The summed E-state index contributed by atoms with van der Waals surface area (Å²) in [7, 11) is 1.63. The van der Waals surface area contributed by atoms with Crippen LogP contribution in [0.25, 0.3) is 0 Å². The third kappa shape index (κ3) is 4.08. The molecule has 0 aliphatic rings. The van der Waals surface area contributed by atoms with Gasteiger partial charge < -0.3 is 4.74 Å². The fourth-order valence-electron chi connectivity index (χ4n) is 0.915. The Balaban J connectivity index is 0. The molecule has 0 spiro atoms. The van der Waals surface area contributed by atoms with E-state index >= 15 is 0 Å². The molecule has 14 heavy (non-hydrogen) atoms. The van der Waals surface area contributed by atoms with Crippen molar-refractivity contribution in [2.45, 2.75) is 28.2 Å². The van der Waals surface area contributed by atoms with Crippen molar-refractivity contribution in [3.05, 3.63) is 23.8 Å². The minimum absolute atomic E-state index is 0. The van der Waals surface area contributed by atoms with E-state index in [0.29, 0.717) is 0 Å². The number of nitrogens with zero attached hydrogens (tertiary/aromatic N) is 1. The molecule has 0 fully saturated rings. The van der Waals surface area contributed by atoms with Gasteiger partial charge in [-0.15, -0.1) is 0 Å². The summed E-state index contributed by atoms with van der Waals surface area (Å²) in [6.45, 7) is 9.45. The largest absolute Gasteiger partial charge is 0.494 e. The molecule has 0 aliphatic heterocycles. The van der Waals surface area contributed by atoms with Crippen LogP contribution in [-0.2, 0) is 0 Å². The molecule has 0 N–H and O–H groups in total. The van der Waals surface area contributed by atoms with Gasteiger partial charge in [0.05, 0.1) is 7.11 Å². The van der Waals surface area contributed by atoms with Gasteiger partial charge in [0, 0.05) is 0 Å². The summed E-state index contributed by atoms with van der Waals surface area (Å²) in [5.74, 6) is 0.778. The highest BCUT2D eigenvalue weighted by molar-refractivity contribution is 5.56. The van der Waals surface area contributed by atoms with Crippen LogP contribution >= 0.6 is 0 Å². The van der Waals surface area contributed by atoms with Crippen LogP contribution in [0.5, 0.6) is 5.75 Å². The third-order valence-corrected chi connectivity index (χ3v) is 1.51. The number of rotatable bonds is 2. The molecule has 1 aromatic carbocycles. The molecule has 1 aromatic rings. The number of hydrogen-bond donors (Lipinski definition) is 0. The van der Waals surface area contributed by atoms with Gasteiger partial charge in [-0.25, -0.2) is 0 Å². The summed E-state index contributed by atoms with van der Waals surface area (Å²) in [5.41, 5.74) is 1.95. The van der Waals surface area contributed by atoms with Crippen molar-refractivity contribution < 1.29 is 4.74 Å². The van der Waals surface area contributed by atoms with Gasteiger partial charge in [0.15, 0.2) is 0 Å². The van der Waals surface area contributed by atoms with Gasteiger partial charge in [0.2, 0.25) is 0 Å². The first-order chi connectivity index (χ1) is 6.27. The predicted octanol–water partition coefficient (Wildman–Crippen LogP) is 4.00. The minimum Gasteiger partial charge on any atom is -0.494 e. The van der Waals surface area contributed by atoms with E-state index in [2.05, 4.69) is 11.7 Å². The Kier molecular flexibility index (Phi) is 8.99. The van der Waals surface area contributed by atoms with E-state index in [0.717, 1.165) is 17.0 Å². The van der Waals surface area contributed by atoms with Gasteiger partial charge in [-0.2, -0.15) is 0 Å². The molecule has 0 bridgehead atoms. The summed E-state index contributed by atoms with van der Waals surface area (Å²) < 4.78 is 5.08. The van der Waals surface area contributed by atoms with Crippen LogP contribution in [0.1, 0.15) is 26.8 Å². The lowest BCUT2D eigenvalue weighted by Crippen LogP contribution is -1.83. The summed E-state index contributed by atoms with van der Waals surface area (Å²) in [6.07, 6.45) is 0. The molecule has 0 aliphatic carbocycles. The second-order valence-electron chi connectivity index (χ2n) is 2.33. The van der Waals surface area contributed by atoms with Crippen LogP contribution in [-0.4, -0.2) is 13.8 Å². The first-order valence-electron chi connectivity index (χ1n) is 4.39. The van der Waals surface area contributed by atoms with Crippen LogP contribution in [0.3, 0.4) is 0 Å². The van der Waals surface area contributed by atoms with Crippen molar-refractivity contribution in [2.75, 3.05) is 7.11 Å². The molecule has 80 valence electrons. The molecule has 0 unspecified atom stereocenters. The lowest BCUT2D eigenvalue weighted by Gasteiger charge is -2.03. The highest BCUT2D eigenvalue weighted by atomic mass is 16.5. The third-order valence-electron chi connectivity index (χ3n) is 1.51. The fourth-order valence-corrected chi connectivity index (χ4v) is 0.915. The Labute approximate surface area is 87.6 Å². The monoisotopic (exact) mass is 195 g/mol. The van der Waals surface area contributed by atoms with Crippen molar-refractivity contribution in [3.63, 3.8) is 0 Å². The number of methoxy groups -OCH3 is 1. The molecule has 0 aromatic heterocycles. The summed E-state index contributed by atoms with van der Waals surface area (Å²) in [4.78, 5) is 3.81. The lowest BCUT2D eigenvalue weighted by atomic mass is 10.2. The van der Waals surface area contributed by atoms with E-state index in [9.17, 15) is 0 Å². The lowest BCUT2D eigenvalue weighted by molar-refractivity contribution is 0.416. The number of benzene rings is 1. The molecular weight excluding hydrogens is 174 g/mol. The van der Waals surface area contributed by atoms with Crippen molar-refractivity contribution in [2.24, 2.45) is 4.99 Å². The van der Waals surface area contributed by atoms with E-state index in [1.807, 2.05) is 39.0 Å². The Bertz CT molecular complexity index is 269. The first kappa shape index (κ1) is 15.2. The topological polar surface area (TPSA) is 21.6 Å². The molecule has 2 heteroatoms. The van der Waals surface area contributed by atoms with E-state index in [1.165, 1.54) is 0 Å². The zero-order chi connectivity index (χ0) is 10.3. The quantitative estimate of drug-likeness (QED) is 0.654. The highest BCUT2D eigenvalue weighted by Gasteiger charge is 1.98. The van der Waals surface area contributed by atoms with E-state index < -0.39 is 0 Å². The van der Waals surface area contributed by atoms with Crippen molar-refractivity contribution in [1.29, 1.82) is 0 Å². The minimum atomic E-state index is 0. The van der Waals surface area contributed by atoms with E-state index in [4.69, 9.17) is 4.74 Å². The van der Waals surface area contributed by atoms with Gasteiger partial charge in [-0.1, -0.05) is 27.3 Å². The van der Waals surface area contributed by atoms with Gasteiger partial charge in [0.1, 0.15) is 11.4 Å². The number of ether oxygens (including phenoxy) is 1. The Morgan fingerprint density at radius 2 is 1.86 bits per heavy atom. The van der Waals surface area contributed by atoms with Gasteiger partial charge in [0.25, 0.3) is 0 Å². The summed E-state index contributed by atoms with van der Waals surface area (Å²) >= 11 is 0. The zero-order valence-corrected chi connectivity index (χ0v) is 8.79. The Morgan fingerprint density at radius 1 is 1.29 bits per heavy atom. The summed E-state index contributed by atoms with van der Waals surface area (Å²) in [6, 6.07) is 5.80. The van der Waals surface area contributed by atoms with E-state index in [-0.39, 0.29) is 7.43 Å². The maximum Gasteiger partial charge on any atom is 0.144 e. The van der Waals surface area contributed by atoms with Crippen LogP contribution in [0.2, 0.25) is 0 Å². The van der Waals surface area contributed by atoms with E-state index in [1.54, 1.807) is 7.11 Å². The molecule has 0 radical (unpaired) electrons. The second kappa shape index (κ2) is 8.30. The highest BCUT2D eigenvalue weighted by Crippen LogP contribution is 2.27. The maximum atomic E-state index is 5.08. The van der Waals surface area contributed by atoms with Crippen LogP contribution in [0.4, 0.5) is 5.69 Å². The molecule has 0 atom stereocenters. The predicted molar refractivity (Wildman–Crippen MR) is 65.0 cm³/mol. The van der Waals surface area contributed by atoms with Gasteiger partial charge >= 0.3 is 0 Å². The molecule has 1 rings (SSSR count). The van der Waals surface area contributed by atoms with Gasteiger partial charge in [-0.3, -0.25) is 4.99 Å². The molecule has 0 amide bonds. The normalized spacial score (nSPS) is 7.71. The zero-order valence-electron chi connectivity index (χ0n) is 8.79. The number of aliphatic imine (C=N–C) groups is 1. The van der Waals surface area contributed by atoms with Crippen LogP contribution in [0.15, 0.2) is 23.2 Å². The molecule has 2 nitrogen and oxygen atoms in total. The Hall–Kier alpha value is -1.31. The summed E-state index contributed by atoms with van der Waals surface area (Å²) in [5, 5.41) is 0. The van der Waals surface area contributed by atoms with Crippen LogP contribution < -0.4 is 4.74 Å². The standard InChI is InChI=1S/C9H11NO.C2H6.CH4/c1-7-4-5-8(10-2)9(6-7)11-3;1-2;/h4-6H,2H2,1,3H3;1-2H3;1H4. The SMILES string of the molecule is C.C=Nc1ccc(C)cc1OC.CC. The van der Waals surface area contributed by atoms with Crippen molar-refractivity contribution in [1.82, 2.24) is 0 Å². The van der Waals surface area contributed by atoms with Gasteiger partial charge in [-0.05, 0) is 31.3 Å². The number of aryl methyl sites for hydroxylation is 1. The molecule has 0 saturated carbocycles. The first-order valence-corrected chi connectivity index (χ1v) is 4.39. The number of hydrogen-bond acceptors (Lipinski definition) is 2. The Morgan fingerprint density at radius 3 is 2.29 bits per heavy atom. The molecule has 0 heterocycles. The fraction of sp³-hybridized carbons (Fsp3) is 0.417. The van der Waals surface area contributed by atoms with Crippen molar-refractivity contribution >= 4 is 12.4 Å². The van der Waals surface area contributed by atoms with Crippen LogP contribution in [0, 0.1) is 6.92 Å². The van der Waals surface area contributed by atoms with Crippen molar-refractivity contribution in [3.8, 4) is 5.75 Å². The smallest absolute Gasteiger partial charge is 0.144 e. The molecular formula is C12H21NO. The maximum absolute atomic E-state index is 5.08. The molecule has 0 saturated heterocycles. The second-order valence-corrected chi connectivity index (χ2v) is 2.33. The average molecular weight is 195 g/mol.